The third kappa shape index (κ3) is 3.62. The van der Waals surface area contributed by atoms with Crippen LogP contribution in [-0.2, 0) is 11.8 Å². The van der Waals surface area contributed by atoms with Crippen molar-refractivity contribution in [3.63, 3.8) is 0 Å². The molecule has 1 aliphatic rings. The van der Waals surface area contributed by atoms with Gasteiger partial charge < -0.3 is 10.2 Å². The number of rotatable bonds is 3. The molecule has 1 saturated heterocycles. The average Bonchev–Trinajstić information content (AvgIpc) is 2.89. The second-order valence-corrected chi connectivity index (χ2v) is 7.94. The first-order chi connectivity index (χ1) is 10.0. The van der Waals surface area contributed by atoms with Crippen LogP contribution in [0.5, 0.6) is 0 Å². The number of aromatic nitrogens is 1. The molecule has 3 rings (SSSR count). The molecule has 0 radical (unpaired) electrons. The highest BCUT2D eigenvalue weighted by Gasteiger charge is 2.18. The molecule has 0 aliphatic carbocycles. The normalized spacial score (nSPS) is 17.5. The molecular formula is C17H25N3S. The molecule has 4 heteroatoms. The van der Waals surface area contributed by atoms with E-state index in [4.69, 9.17) is 4.98 Å². The number of nitrogens with one attached hydrogen (secondary N) is 1. The highest BCUT2D eigenvalue weighted by atomic mass is 32.1. The minimum atomic E-state index is 0.144. The van der Waals surface area contributed by atoms with E-state index in [9.17, 15) is 0 Å². The average molecular weight is 303 g/mol. The number of hydrogen-bond acceptors (Lipinski definition) is 4. The first-order valence-corrected chi connectivity index (χ1v) is 8.67. The van der Waals surface area contributed by atoms with Crippen LogP contribution in [0.25, 0.3) is 10.2 Å². The Morgan fingerprint density at radius 2 is 2.00 bits per heavy atom. The van der Waals surface area contributed by atoms with Gasteiger partial charge in [-0.3, -0.25) is 0 Å². The second-order valence-electron chi connectivity index (χ2n) is 6.91. The third-order valence-electron chi connectivity index (χ3n) is 4.02. The van der Waals surface area contributed by atoms with E-state index in [-0.39, 0.29) is 5.41 Å². The number of thiazole rings is 1. The van der Waals surface area contributed by atoms with Gasteiger partial charge in [-0.25, -0.2) is 4.98 Å². The van der Waals surface area contributed by atoms with E-state index >= 15 is 0 Å². The van der Waals surface area contributed by atoms with Gasteiger partial charge in [-0.2, -0.15) is 0 Å². The fourth-order valence-corrected chi connectivity index (χ4v) is 3.75. The molecule has 0 unspecified atom stereocenters. The van der Waals surface area contributed by atoms with E-state index < -0.39 is 0 Å². The highest BCUT2D eigenvalue weighted by Crippen LogP contribution is 2.31. The van der Waals surface area contributed by atoms with Crippen molar-refractivity contribution in [2.75, 3.05) is 32.7 Å². The Balaban J connectivity index is 1.71. The van der Waals surface area contributed by atoms with Crippen LogP contribution in [0.4, 0.5) is 0 Å². The van der Waals surface area contributed by atoms with Gasteiger partial charge in [0, 0.05) is 38.1 Å². The summed E-state index contributed by atoms with van der Waals surface area (Å²) < 4.78 is 1.33. The summed E-state index contributed by atoms with van der Waals surface area (Å²) in [4.78, 5) is 7.32. The Morgan fingerprint density at radius 3 is 2.71 bits per heavy atom. The molecule has 0 saturated carbocycles. The van der Waals surface area contributed by atoms with Crippen molar-refractivity contribution in [2.24, 2.45) is 0 Å². The zero-order chi connectivity index (χ0) is 14.9. The first-order valence-electron chi connectivity index (χ1n) is 7.85. The Morgan fingerprint density at radius 1 is 1.24 bits per heavy atom. The highest BCUT2D eigenvalue weighted by molar-refractivity contribution is 7.18. The van der Waals surface area contributed by atoms with Gasteiger partial charge in [-0.05, 0) is 24.1 Å². The standard InChI is InChI=1S/C17H25N3S/c1-17(2,3)16-19-14-5-4-13(12-15(14)21-16)6-9-20-10-7-18-8-11-20/h4-5,12,18H,6-11H2,1-3H3. The van der Waals surface area contributed by atoms with Crippen LogP contribution in [0.15, 0.2) is 18.2 Å². The monoisotopic (exact) mass is 303 g/mol. The van der Waals surface area contributed by atoms with E-state index in [2.05, 4.69) is 49.2 Å². The van der Waals surface area contributed by atoms with Crippen LogP contribution < -0.4 is 5.32 Å². The molecule has 0 bridgehead atoms. The van der Waals surface area contributed by atoms with Crippen molar-refractivity contribution in [1.29, 1.82) is 0 Å². The maximum atomic E-state index is 4.77. The van der Waals surface area contributed by atoms with Crippen molar-refractivity contribution >= 4 is 21.6 Å². The minimum absolute atomic E-state index is 0.144. The van der Waals surface area contributed by atoms with Crippen molar-refractivity contribution < 1.29 is 0 Å². The fourth-order valence-electron chi connectivity index (χ4n) is 2.67. The van der Waals surface area contributed by atoms with Gasteiger partial charge in [0.1, 0.15) is 0 Å². The van der Waals surface area contributed by atoms with E-state index in [1.165, 1.54) is 28.4 Å². The molecular weight excluding hydrogens is 278 g/mol. The maximum Gasteiger partial charge on any atom is 0.0992 e. The summed E-state index contributed by atoms with van der Waals surface area (Å²) in [5, 5.41) is 4.64. The van der Waals surface area contributed by atoms with Gasteiger partial charge in [0.25, 0.3) is 0 Å². The minimum Gasteiger partial charge on any atom is -0.314 e. The van der Waals surface area contributed by atoms with E-state index in [0.29, 0.717) is 0 Å². The van der Waals surface area contributed by atoms with Gasteiger partial charge in [-0.15, -0.1) is 11.3 Å². The SMILES string of the molecule is CC(C)(C)c1nc2ccc(CCN3CCNCC3)cc2s1. The zero-order valence-electron chi connectivity index (χ0n) is 13.3. The van der Waals surface area contributed by atoms with Gasteiger partial charge in [0.05, 0.1) is 15.2 Å². The molecule has 2 heterocycles. The topological polar surface area (TPSA) is 28.2 Å². The van der Waals surface area contributed by atoms with Crippen molar-refractivity contribution in [1.82, 2.24) is 15.2 Å². The lowest BCUT2D eigenvalue weighted by molar-refractivity contribution is 0.244. The fraction of sp³-hybridized carbons (Fsp3) is 0.588. The molecule has 0 amide bonds. The summed E-state index contributed by atoms with van der Waals surface area (Å²) in [6, 6.07) is 6.77. The number of piperazine rings is 1. The van der Waals surface area contributed by atoms with Crippen LogP contribution in [-0.4, -0.2) is 42.6 Å². The molecule has 1 fully saturated rings. The van der Waals surface area contributed by atoms with Crippen LogP contribution >= 0.6 is 11.3 Å². The molecule has 21 heavy (non-hydrogen) atoms. The Labute approximate surface area is 131 Å². The predicted octanol–water partition coefficient (Wildman–Crippen LogP) is 3.04. The maximum absolute atomic E-state index is 4.77. The lowest BCUT2D eigenvalue weighted by Crippen LogP contribution is -2.44. The van der Waals surface area contributed by atoms with Gasteiger partial charge >= 0.3 is 0 Å². The zero-order valence-corrected chi connectivity index (χ0v) is 14.1. The van der Waals surface area contributed by atoms with E-state index in [1.807, 2.05) is 11.3 Å². The lowest BCUT2D eigenvalue weighted by Gasteiger charge is -2.27. The van der Waals surface area contributed by atoms with Crippen LogP contribution in [0, 0.1) is 0 Å². The first kappa shape index (κ1) is 14.9. The van der Waals surface area contributed by atoms with Gasteiger partial charge in [-0.1, -0.05) is 26.8 Å². The Bertz CT molecular complexity index is 606. The van der Waals surface area contributed by atoms with Gasteiger partial charge in [0.15, 0.2) is 0 Å². The molecule has 0 spiro atoms. The third-order valence-corrected chi connectivity index (χ3v) is 5.46. The number of hydrogen-bond donors (Lipinski definition) is 1. The predicted molar refractivity (Wildman–Crippen MR) is 91.3 cm³/mol. The summed E-state index contributed by atoms with van der Waals surface area (Å²) in [5.41, 5.74) is 2.73. The van der Waals surface area contributed by atoms with Crippen LogP contribution in [0.3, 0.4) is 0 Å². The quantitative estimate of drug-likeness (QED) is 0.944. The molecule has 0 atom stereocenters. The molecule has 3 nitrogen and oxygen atoms in total. The number of benzene rings is 1. The largest absolute Gasteiger partial charge is 0.314 e. The molecule has 1 aliphatic heterocycles. The Kier molecular flexibility index (Phi) is 4.29. The summed E-state index contributed by atoms with van der Waals surface area (Å²) in [6.07, 6.45) is 1.14. The second kappa shape index (κ2) is 6.03. The van der Waals surface area contributed by atoms with E-state index in [1.54, 1.807) is 0 Å². The summed E-state index contributed by atoms with van der Waals surface area (Å²) in [5.74, 6) is 0. The summed E-state index contributed by atoms with van der Waals surface area (Å²) >= 11 is 1.85. The Hall–Kier alpha value is -0.970. The molecule has 1 aromatic carbocycles. The molecule has 114 valence electrons. The van der Waals surface area contributed by atoms with Crippen molar-refractivity contribution in [2.45, 2.75) is 32.6 Å². The van der Waals surface area contributed by atoms with Gasteiger partial charge in [0.2, 0.25) is 0 Å². The number of nitrogens with zero attached hydrogens (tertiary/aromatic N) is 2. The van der Waals surface area contributed by atoms with Crippen LogP contribution in [0.1, 0.15) is 31.3 Å². The summed E-state index contributed by atoms with van der Waals surface area (Å²) in [6.45, 7) is 12.5. The van der Waals surface area contributed by atoms with E-state index in [0.717, 1.165) is 31.6 Å². The molecule has 2 aromatic rings. The summed E-state index contributed by atoms with van der Waals surface area (Å²) in [7, 11) is 0. The molecule has 1 aromatic heterocycles. The van der Waals surface area contributed by atoms with Crippen LogP contribution in [0.2, 0.25) is 0 Å². The van der Waals surface area contributed by atoms with Crippen molar-refractivity contribution in [3.05, 3.63) is 28.8 Å². The van der Waals surface area contributed by atoms with Crippen molar-refractivity contribution in [3.8, 4) is 0 Å². The molecule has 1 N–H and O–H groups in total. The number of fused-ring (bicyclic) bond motifs is 1. The lowest BCUT2D eigenvalue weighted by atomic mass is 9.98. The smallest absolute Gasteiger partial charge is 0.0992 e.